The number of ether oxygens (including phenoxy) is 1. The molecule has 138 valence electrons. The Kier molecular flexibility index (Phi) is 5.78. The van der Waals surface area contributed by atoms with Crippen LogP contribution in [0.2, 0.25) is 0 Å². The fourth-order valence-electron chi connectivity index (χ4n) is 3.01. The van der Waals surface area contributed by atoms with Gasteiger partial charge in [-0.1, -0.05) is 52.2 Å². The Labute approximate surface area is 164 Å². The molecule has 8 heteroatoms. The SMILES string of the molecule is C[C@@H](c1ccc(Br)cc1)[C@H](N=[N+]=[N-])C(=O)c1cccc(N2CCOC2=O)c1. The molecule has 1 aliphatic heterocycles. The summed E-state index contributed by atoms with van der Waals surface area (Å²) in [5.41, 5.74) is 10.8. The van der Waals surface area contributed by atoms with E-state index in [1.165, 1.54) is 4.90 Å². The number of cyclic esters (lactones) is 1. The van der Waals surface area contributed by atoms with E-state index in [-0.39, 0.29) is 11.7 Å². The highest BCUT2D eigenvalue weighted by molar-refractivity contribution is 9.10. The summed E-state index contributed by atoms with van der Waals surface area (Å²) in [5.74, 6) is -0.598. The maximum Gasteiger partial charge on any atom is 0.414 e. The zero-order chi connectivity index (χ0) is 19.4. The molecule has 0 unspecified atom stereocenters. The van der Waals surface area contributed by atoms with E-state index in [0.29, 0.717) is 24.4 Å². The van der Waals surface area contributed by atoms with Crippen molar-refractivity contribution in [1.29, 1.82) is 0 Å². The lowest BCUT2D eigenvalue weighted by Crippen LogP contribution is -2.26. The second kappa shape index (κ2) is 8.24. The number of hydrogen-bond donors (Lipinski definition) is 0. The highest BCUT2D eigenvalue weighted by atomic mass is 79.9. The van der Waals surface area contributed by atoms with Crippen LogP contribution in [0.5, 0.6) is 0 Å². The van der Waals surface area contributed by atoms with E-state index in [1.807, 2.05) is 31.2 Å². The van der Waals surface area contributed by atoms with E-state index >= 15 is 0 Å². The van der Waals surface area contributed by atoms with E-state index in [9.17, 15) is 9.59 Å². The van der Waals surface area contributed by atoms with Gasteiger partial charge in [0.25, 0.3) is 0 Å². The number of amides is 1. The molecule has 3 rings (SSSR count). The van der Waals surface area contributed by atoms with Crippen LogP contribution in [-0.4, -0.2) is 31.1 Å². The van der Waals surface area contributed by atoms with E-state index in [2.05, 4.69) is 26.0 Å². The second-order valence-electron chi connectivity index (χ2n) is 6.17. The largest absolute Gasteiger partial charge is 0.447 e. The minimum Gasteiger partial charge on any atom is -0.447 e. The Balaban J connectivity index is 1.90. The Morgan fingerprint density at radius 3 is 2.67 bits per heavy atom. The van der Waals surface area contributed by atoms with Gasteiger partial charge in [-0.05, 0) is 41.3 Å². The Bertz CT molecular complexity index is 909. The normalized spacial score (nSPS) is 15.6. The fraction of sp³-hybridized carbons (Fsp3) is 0.263. The summed E-state index contributed by atoms with van der Waals surface area (Å²) in [7, 11) is 0. The summed E-state index contributed by atoms with van der Waals surface area (Å²) in [6, 6.07) is 13.4. The van der Waals surface area contributed by atoms with Gasteiger partial charge in [-0.25, -0.2) is 4.79 Å². The molecule has 0 saturated carbocycles. The maximum absolute atomic E-state index is 13.1. The molecule has 1 saturated heterocycles. The topological polar surface area (TPSA) is 95.4 Å². The predicted molar refractivity (Wildman–Crippen MR) is 105 cm³/mol. The van der Waals surface area contributed by atoms with E-state index in [0.717, 1.165) is 10.0 Å². The highest BCUT2D eigenvalue weighted by Gasteiger charge is 2.28. The van der Waals surface area contributed by atoms with Crippen molar-refractivity contribution in [2.24, 2.45) is 5.11 Å². The number of benzene rings is 2. The van der Waals surface area contributed by atoms with Gasteiger partial charge in [0.05, 0.1) is 6.54 Å². The summed E-state index contributed by atoms with van der Waals surface area (Å²) in [4.78, 5) is 29.2. The van der Waals surface area contributed by atoms with Crippen molar-refractivity contribution in [1.82, 2.24) is 0 Å². The fourth-order valence-corrected chi connectivity index (χ4v) is 3.27. The lowest BCUT2D eigenvalue weighted by Gasteiger charge is -2.20. The monoisotopic (exact) mass is 428 g/mol. The van der Waals surface area contributed by atoms with Crippen LogP contribution in [0.15, 0.2) is 58.1 Å². The molecule has 1 aliphatic rings. The summed E-state index contributed by atoms with van der Waals surface area (Å²) in [6.45, 7) is 2.60. The maximum atomic E-state index is 13.1. The van der Waals surface area contributed by atoms with Gasteiger partial charge in [0, 0.05) is 20.6 Å². The number of carbonyl (C=O) groups is 2. The molecular formula is C19H17BrN4O3. The minimum absolute atomic E-state index is 0.294. The molecule has 2 aromatic carbocycles. The lowest BCUT2D eigenvalue weighted by molar-refractivity contribution is 0.0951. The molecular weight excluding hydrogens is 412 g/mol. The molecule has 2 atom stereocenters. The van der Waals surface area contributed by atoms with Gasteiger partial charge in [-0.15, -0.1) is 0 Å². The molecule has 0 N–H and O–H groups in total. The lowest BCUT2D eigenvalue weighted by atomic mass is 9.88. The minimum atomic E-state index is -0.892. The first kappa shape index (κ1) is 18.9. The first-order valence-corrected chi connectivity index (χ1v) is 9.19. The van der Waals surface area contributed by atoms with Gasteiger partial charge < -0.3 is 4.74 Å². The molecule has 0 radical (unpaired) electrons. The Hall–Kier alpha value is -2.83. The smallest absolute Gasteiger partial charge is 0.414 e. The van der Waals surface area contributed by atoms with Gasteiger partial charge in [0.15, 0.2) is 5.78 Å². The molecule has 7 nitrogen and oxygen atoms in total. The van der Waals surface area contributed by atoms with Gasteiger partial charge in [-0.2, -0.15) is 0 Å². The summed E-state index contributed by atoms with van der Waals surface area (Å²) in [5, 5.41) is 3.76. The van der Waals surface area contributed by atoms with Crippen LogP contribution in [0.25, 0.3) is 10.4 Å². The third-order valence-corrected chi connectivity index (χ3v) is 5.05. The van der Waals surface area contributed by atoms with Gasteiger partial charge in [-0.3, -0.25) is 9.69 Å². The Morgan fingerprint density at radius 2 is 2.04 bits per heavy atom. The van der Waals surface area contributed by atoms with Gasteiger partial charge in [0.2, 0.25) is 0 Å². The highest BCUT2D eigenvalue weighted by Crippen LogP contribution is 2.28. The molecule has 0 aromatic heterocycles. The van der Waals surface area contributed by atoms with Crippen LogP contribution in [-0.2, 0) is 4.74 Å². The number of ketones is 1. The van der Waals surface area contributed by atoms with Crippen LogP contribution in [0.4, 0.5) is 10.5 Å². The van der Waals surface area contributed by atoms with Crippen LogP contribution in [0.3, 0.4) is 0 Å². The number of anilines is 1. The van der Waals surface area contributed by atoms with Crippen molar-refractivity contribution in [2.75, 3.05) is 18.1 Å². The Morgan fingerprint density at radius 1 is 1.30 bits per heavy atom. The standard InChI is InChI=1S/C19H17BrN4O3/c1-12(13-5-7-15(20)8-6-13)17(22-23-21)18(25)14-3-2-4-16(11-14)24-9-10-27-19(24)26/h2-8,11-12,17H,9-10H2,1H3/t12-,17-/m0/s1. The zero-order valence-electron chi connectivity index (χ0n) is 14.6. The van der Waals surface area contributed by atoms with E-state index in [1.54, 1.807) is 24.3 Å². The first-order chi connectivity index (χ1) is 13.0. The van der Waals surface area contributed by atoms with Crippen LogP contribution in [0.1, 0.15) is 28.8 Å². The second-order valence-corrected chi connectivity index (χ2v) is 7.09. The number of carbonyl (C=O) groups excluding carboxylic acids is 2. The van der Waals surface area contributed by atoms with Crippen molar-refractivity contribution in [3.05, 3.63) is 74.6 Å². The molecule has 2 aromatic rings. The third kappa shape index (κ3) is 4.13. The average Bonchev–Trinajstić information content (AvgIpc) is 3.12. The van der Waals surface area contributed by atoms with Crippen molar-refractivity contribution in [3.63, 3.8) is 0 Å². The molecule has 1 heterocycles. The molecule has 0 bridgehead atoms. The number of Topliss-reactive ketones (excluding diaryl/α,β-unsaturated/α-hetero) is 1. The summed E-state index contributed by atoms with van der Waals surface area (Å²) < 4.78 is 5.87. The van der Waals surface area contributed by atoms with Gasteiger partial charge in [0.1, 0.15) is 12.6 Å². The van der Waals surface area contributed by atoms with Crippen molar-refractivity contribution in [3.8, 4) is 0 Å². The molecule has 27 heavy (non-hydrogen) atoms. The predicted octanol–water partition coefficient (Wildman–Crippen LogP) is 5.07. The quantitative estimate of drug-likeness (QED) is 0.278. The summed E-state index contributed by atoms with van der Waals surface area (Å²) in [6.07, 6.45) is -0.436. The first-order valence-electron chi connectivity index (χ1n) is 8.39. The average molecular weight is 429 g/mol. The van der Waals surface area contributed by atoms with Crippen LogP contribution >= 0.6 is 15.9 Å². The van der Waals surface area contributed by atoms with Crippen LogP contribution in [0, 0.1) is 0 Å². The number of azide groups is 1. The number of halogens is 1. The third-order valence-electron chi connectivity index (χ3n) is 4.52. The van der Waals surface area contributed by atoms with E-state index < -0.39 is 12.1 Å². The molecule has 1 amide bonds. The van der Waals surface area contributed by atoms with Gasteiger partial charge >= 0.3 is 6.09 Å². The molecule has 1 fully saturated rings. The van der Waals surface area contributed by atoms with Crippen LogP contribution < -0.4 is 4.90 Å². The number of nitrogens with zero attached hydrogens (tertiary/aromatic N) is 4. The molecule has 0 spiro atoms. The van der Waals surface area contributed by atoms with E-state index in [4.69, 9.17) is 10.3 Å². The van der Waals surface area contributed by atoms with Crippen molar-refractivity contribution < 1.29 is 14.3 Å². The summed E-state index contributed by atoms with van der Waals surface area (Å²) >= 11 is 3.38. The number of rotatable bonds is 6. The molecule has 0 aliphatic carbocycles. The van der Waals surface area contributed by atoms with Crippen molar-refractivity contribution >= 4 is 33.5 Å². The van der Waals surface area contributed by atoms with Crippen molar-refractivity contribution in [2.45, 2.75) is 18.9 Å². The zero-order valence-corrected chi connectivity index (χ0v) is 16.2. The number of hydrogen-bond acceptors (Lipinski definition) is 4.